The minimum atomic E-state index is -2.04. The molecule has 0 aromatic heterocycles. The van der Waals surface area contributed by atoms with E-state index in [-0.39, 0.29) is 50.9 Å². The van der Waals surface area contributed by atoms with E-state index in [0.29, 0.717) is 0 Å². The van der Waals surface area contributed by atoms with Crippen molar-refractivity contribution in [2.75, 3.05) is 0 Å². The first-order valence-electron chi connectivity index (χ1n) is 14.9. The molecule has 2 heterocycles. The second-order valence-electron chi connectivity index (χ2n) is 17.0. The predicted octanol–water partition coefficient (Wildman–Crippen LogP) is 9.43. The summed E-state index contributed by atoms with van der Waals surface area (Å²) >= 11 is 0. The third kappa shape index (κ3) is 5.50. The van der Waals surface area contributed by atoms with Gasteiger partial charge in [0.25, 0.3) is 0 Å². The van der Waals surface area contributed by atoms with Gasteiger partial charge in [0.2, 0.25) is 8.32 Å². The summed E-state index contributed by atoms with van der Waals surface area (Å²) in [6, 6.07) is 0. The summed E-state index contributed by atoms with van der Waals surface area (Å²) in [5, 5.41) is 0.394. The molecule has 0 aromatic carbocycles. The summed E-state index contributed by atoms with van der Waals surface area (Å²) in [4.78, 5) is 0. The smallest absolute Gasteiger partial charge is 0.250 e. The molecule has 0 radical (unpaired) electrons. The van der Waals surface area contributed by atoms with Gasteiger partial charge in [-0.3, -0.25) is 0 Å². The van der Waals surface area contributed by atoms with Crippen LogP contribution in [0.4, 0.5) is 0 Å². The fraction of sp³-hybridized carbons (Fsp3) is 0.871. The Balaban J connectivity index is 2.06. The van der Waals surface area contributed by atoms with E-state index >= 15 is 0 Å². The van der Waals surface area contributed by atoms with E-state index in [1.165, 1.54) is 0 Å². The number of hydrogen-bond acceptors (Lipinski definition) is 4. The van der Waals surface area contributed by atoms with E-state index in [1.54, 1.807) is 0 Å². The molecular formula is C31H60O4Si3. The minimum absolute atomic E-state index is 0.0424. The highest BCUT2D eigenvalue weighted by Crippen LogP contribution is 2.60. The number of hydrogen-bond donors (Lipinski definition) is 0. The molecule has 7 heteroatoms. The summed E-state index contributed by atoms with van der Waals surface area (Å²) < 4.78 is 28.4. The molecule has 1 spiro atoms. The van der Waals surface area contributed by atoms with E-state index in [1.807, 2.05) is 0 Å². The van der Waals surface area contributed by atoms with Gasteiger partial charge in [-0.1, -0.05) is 81.9 Å². The lowest BCUT2D eigenvalue weighted by atomic mass is 9.83. The zero-order valence-electron chi connectivity index (χ0n) is 27.7. The molecule has 2 bridgehead atoms. The molecule has 1 aliphatic carbocycles. The maximum atomic E-state index is 7.30. The number of ether oxygens (including phenoxy) is 1. The van der Waals surface area contributed by atoms with Gasteiger partial charge in [-0.2, -0.15) is 0 Å². The Hall–Kier alpha value is -0.189. The van der Waals surface area contributed by atoms with Crippen molar-refractivity contribution in [1.29, 1.82) is 0 Å². The molecule has 3 rings (SSSR count). The van der Waals surface area contributed by atoms with Crippen molar-refractivity contribution in [3.05, 3.63) is 24.0 Å². The first-order valence-corrected chi connectivity index (χ1v) is 23.6. The van der Waals surface area contributed by atoms with E-state index in [0.717, 1.165) is 24.2 Å². The van der Waals surface area contributed by atoms with Crippen molar-refractivity contribution < 1.29 is 18.0 Å². The van der Waals surface area contributed by atoms with Crippen LogP contribution in [0.1, 0.15) is 82.1 Å². The van der Waals surface area contributed by atoms with Crippen LogP contribution in [-0.4, -0.2) is 48.9 Å². The molecular weight excluding hydrogens is 521 g/mol. The van der Waals surface area contributed by atoms with Crippen LogP contribution < -0.4 is 0 Å². The molecule has 4 nitrogen and oxygen atoms in total. The van der Waals surface area contributed by atoms with Crippen LogP contribution in [0.15, 0.2) is 24.0 Å². The predicted molar refractivity (Wildman–Crippen MR) is 169 cm³/mol. The van der Waals surface area contributed by atoms with Gasteiger partial charge in [0, 0.05) is 17.4 Å². The monoisotopic (exact) mass is 580 g/mol. The Morgan fingerprint density at radius 2 is 1.32 bits per heavy atom. The average Bonchev–Trinajstić information content (AvgIpc) is 3.15. The lowest BCUT2D eigenvalue weighted by Crippen LogP contribution is -2.55. The standard InChI is InChI=1S/C31H60O4Si3/c1-21-26-23(22(2)33-36(12,13)28(3,4)5)20-24-25(34-37(14,15)29(6,7)8)18-19-31(24,32-26)27(21)35-38(16,17)30(9,10)11/h20-21,24-27H,2,18-19H2,1,3-17H3/t21-,24+,25-,26-,27+,31-/m0/s1. The van der Waals surface area contributed by atoms with Crippen molar-refractivity contribution in [2.45, 2.75) is 160 Å². The quantitative estimate of drug-likeness (QED) is 0.222. The van der Waals surface area contributed by atoms with Gasteiger partial charge in [-0.15, -0.1) is 0 Å². The van der Waals surface area contributed by atoms with E-state index in [9.17, 15) is 0 Å². The van der Waals surface area contributed by atoms with Gasteiger partial charge < -0.3 is 18.0 Å². The Morgan fingerprint density at radius 3 is 1.79 bits per heavy atom. The molecule has 6 atom stereocenters. The highest BCUT2D eigenvalue weighted by Gasteiger charge is 2.67. The Labute approximate surface area is 238 Å². The van der Waals surface area contributed by atoms with Crippen molar-refractivity contribution in [3.8, 4) is 0 Å². The minimum Gasteiger partial charge on any atom is -0.544 e. The molecule has 1 saturated heterocycles. The van der Waals surface area contributed by atoms with Crippen molar-refractivity contribution in [1.82, 2.24) is 0 Å². The summed E-state index contributed by atoms with van der Waals surface area (Å²) in [5.74, 6) is 1.17. The van der Waals surface area contributed by atoms with Crippen LogP contribution in [-0.2, 0) is 18.0 Å². The van der Waals surface area contributed by atoms with Crippen LogP contribution in [0, 0.1) is 11.8 Å². The maximum absolute atomic E-state index is 7.30. The van der Waals surface area contributed by atoms with Crippen molar-refractivity contribution >= 4 is 25.0 Å². The van der Waals surface area contributed by atoms with Gasteiger partial charge in [-0.05, 0) is 67.2 Å². The van der Waals surface area contributed by atoms with Gasteiger partial charge in [-0.25, -0.2) is 0 Å². The molecule has 0 amide bonds. The molecule has 2 fully saturated rings. The Bertz CT molecular complexity index is 948. The molecule has 3 aliphatic rings. The van der Waals surface area contributed by atoms with E-state index < -0.39 is 25.0 Å². The zero-order chi connectivity index (χ0) is 29.5. The second kappa shape index (κ2) is 9.69. The topological polar surface area (TPSA) is 36.9 Å². The SMILES string of the molecule is C=C(O[Si](C)(C)C(C)(C)C)C1=C[C@@H]2[C@@H](O[Si](C)(C)C(C)(C)C)CC[C@]23O[C@H]1[C@H](C)[C@H]3O[Si](C)(C)C(C)(C)C. The fourth-order valence-corrected chi connectivity index (χ4v) is 9.37. The first kappa shape index (κ1) is 32.3. The van der Waals surface area contributed by atoms with Crippen LogP contribution in [0.25, 0.3) is 0 Å². The largest absolute Gasteiger partial charge is 0.544 e. The summed E-state index contributed by atoms with van der Waals surface area (Å²) in [6.45, 7) is 41.8. The molecule has 1 saturated carbocycles. The molecule has 38 heavy (non-hydrogen) atoms. The van der Waals surface area contributed by atoms with E-state index in [4.69, 9.17) is 18.0 Å². The number of fused-ring (bicyclic) bond motifs is 1. The first-order chi connectivity index (χ1) is 16.8. The summed E-state index contributed by atoms with van der Waals surface area (Å²) in [7, 11) is -6.04. The highest BCUT2D eigenvalue weighted by atomic mass is 28.4. The fourth-order valence-electron chi connectivity index (χ4n) is 5.56. The molecule has 220 valence electrons. The van der Waals surface area contributed by atoms with Gasteiger partial charge in [0.15, 0.2) is 16.6 Å². The third-order valence-electron chi connectivity index (χ3n) is 11.2. The average molecular weight is 581 g/mol. The third-order valence-corrected chi connectivity index (χ3v) is 24.5. The summed E-state index contributed by atoms with van der Waals surface area (Å²) in [6.07, 6.45) is 4.57. The van der Waals surface area contributed by atoms with Crippen molar-refractivity contribution in [3.63, 3.8) is 0 Å². The zero-order valence-corrected chi connectivity index (χ0v) is 30.7. The van der Waals surface area contributed by atoms with Crippen molar-refractivity contribution in [2.24, 2.45) is 11.8 Å². The molecule has 0 N–H and O–H groups in total. The molecule has 0 unspecified atom stereocenters. The van der Waals surface area contributed by atoms with Crippen LogP contribution in [0.3, 0.4) is 0 Å². The normalized spacial score (nSPS) is 32.7. The van der Waals surface area contributed by atoms with Gasteiger partial charge >= 0.3 is 0 Å². The van der Waals surface area contributed by atoms with Crippen LogP contribution >= 0.6 is 0 Å². The lowest BCUT2D eigenvalue weighted by molar-refractivity contribution is -0.103. The van der Waals surface area contributed by atoms with Crippen LogP contribution in [0.5, 0.6) is 0 Å². The molecule has 2 aliphatic heterocycles. The summed E-state index contributed by atoms with van der Waals surface area (Å²) in [5.41, 5.74) is 0.794. The Morgan fingerprint density at radius 1 is 0.842 bits per heavy atom. The van der Waals surface area contributed by atoms with E-state index in [2.05, 4.69) is 121 Å². The maximum Gasteiger partial charge on any atom is 0.250 e. The van der Waals surface area contributed by atoms with Gasteiger partial charge in [0.05, 0.1) is 18.3 Å². The lowest BCUT2D eigenvalue weighted by Gasteiger charge is -2.46. The number of rotatable bonds is 7. The highest BCUT2D eigenvalue weighted by molar-refractivity contribution is 6.75. The van der Waals surface area contributed by atoms with Gasteiger partial charge in [0.1, 0.15) is 11.4 Å². The van der Waals surface area contributed by atoms with Crippen LogP contribution in [0.2, 0.25) is 54.4 Å². The molecule has 0 aromatic rings. The second-order valence-corrected chi connectivity index (χ2v) is 31.3. The Kier molecular flexibility index (Phi) is 8.24.